The van der Waals surface area contributed by atoms with Crippen molar-refractivity contribution in [2.75, 3.05) is 25.9 Å². The minimum absolute atomic E-state index is 0.0485. The summed E-state index contributed by atoms with van der Waals surface area (Å²) in [7, 11) is 2.06. The lowest BCUT2D eigenvalue weighted by Gasteiger charge is -2.19. The Morgan fingerprint density at radius 1 is 1.61 bits per heavy atom. The molecule has 1 aliphatic heterocycles. The second-order valence-corrected chi connectivity index (χ2v) is 4.76. The number of hydrogen-bond donors (Lipinski definition) is 3. The van der Waals surface area contributed by atoms with Gasteiger partial charge in [0.2, 0.25) is 0 Å². The molecular weight excluding hydrogens is 230 g/mol. The van der Waals surface area contributed by atoms with Crippen molar-refractivity contribution in [3.63, 3.8) is 0 Å². The first-order valence-electron chi connectivity index (χ1n) is 6.15. The second kappa shape index (κ2) is 5.27. The number of nitrogens with one attached hydrogen (secondary N) is 1. The Bertz CT molecular complexity index is 448. The van der Waals surface area contributed by atoms with Crippen molar-refractivity contribution in [3.05, 3.63) is 23.8 Å². The molecule has 0 saturated carbocycles. The summed E-state index contributed by atoms with van der Waals surface area (Å²) in [6.07, 6.45) is 2.28. The number of nitrogen functional groups attached to an aromatic ring is 1. The van der Waals surface area contributed by atoms with Gasteiger partial charge in [0.1, 0.15) is 5.75 Å². The fourth-order valence-electron chi connectivity index (χ4n) is 2.28. The number of phenols is 1. The molecule has 1 heterocycles. The predicted octanol–water partition coefficient (Wildman–Crippen LogP) is 0.798. The van der Waals surface area contributed by atoms with Gasteiger partial charge in [-0.05, 0) is 44.6 Å². The van der Waals surface area contributed by atoms with Crippen molar-refractivity contribution in [1.29, 1.82) is 0 Å². The molecule has 4 N–H and O–H groups in total. The zero-order chi connectivity index (χ0) is 13.1. The monoisotopic (exact) mass is 249 g/mol. The predicted molar refractivity (Wildman–Crippen MR) is 70.5 cm³/mol. The van der Waals surface area contributed by atoms with Crippen LogP contribution >= 0.6 is 0 Å². The molecule has 1 fully saturated rings. The lowest BCUT2D eigenvalue weighted by molar-refractivity contribution is 0.0944. The van der Waals surface area contributed by atoms with E-state index in [1.165, 1.54) is 24.6 Å². The van der Waals surface area contributed by atoms with E-state index in [9.17, 15) is 9.90 Å². The summed E-state index contributed by atoms with van der Waals surface area (Å²) in [6.45, 7) is 1.69. The first kappa shape index (κ1) is 12.7. The van der Waals surface area contributed by atoms with Gasteiger partial charge in [-0.1, -0.05) is 0 Å². The summed E-state index contributed by atoms with van der Waals surface area (Å²) >= 11 is 0. The number of benzene rings is 1. The van der Waals surface area contributed by atoms with Crippen LogP contribution in [0.25, 0.3) is 0 Å². The van der Waals surface area contributed by atoms with Crippen molar-refractivity contribution in [2.24, 2.45) is 0 Å². The maximum Gasteiger partial charge on any atom is 0.253 e. The van der Waals surface area contributed by atoms with Gasteiger partial charge in [-0.3, -0.25) is 4.79 Å². The summed E-state index contributed by atoms with van der Waals surface area (Å²) in [4.78, 5) is 14.2. The molecule has 98 valence electrons. The van der Waals surface area contributed by atoms with Crippen LogP contribution in [0.3, 0.4) is 0 Å². The molecule has 18 heavy (non-hydrogen) atoms. The van der Waals surface area contributed by atoms with E-state index in [0.717, 1.165) is 13.0 Å². The number of anilines is 1. The van der Waals surface area contributed by atoms with Crippen LogP contribution in [0.4, 0.5) is 5.69 Å². The molecule has 1 aromatic rings. The molecule has 5 heteroatoms. The quantitative estimate of drug-likeness (QED) is 0.547. The highest BCUT2D eigenvalue weighted by molar-refractivity contribution is 5.99. The van der Waals surface area contributed by atoms with E-state index in [1.807, 2.05) is 0 Å². The molecule has 1 saturated heterocycles. The summed E-state index contributed by atoms with van der Waals surface area (Å²) in [5.74, 6) is -0.184. The Labute approximate surface area is 107 Å². The molecule has 1 atom stereocenters. The Morgan fingerprint density at radius 2 is 2.39 bits per heavy atom. The number of rotatable bonds is 3. The zero-order valence-electron chi connectivity index (χ0n) is 10.5. The standard InChI is InChI=1S/C13H19N3O2/c1-16-6-2-3-9(16)8-15-13(18)11-7-10(17)4-5-12(11)14/h4-5,7,9,17H,2-3,6,8,14H2,1H3,(H,15,18). The molecule has 0 aromatic heterocycles. The third-order valence-electron chi connectivity index (χ3n) is 3.45. The average Bonchev–Trinajstić information content (AvgIpc) is 2.75. The van der Waals surface area contributed by atoms with Gasteiger partial charge in [0.15, 0.2) is 0 Å². The Balaban J connectivity index is 1.97. The first-order chi connectivity index (χ1) is 8.58. The molecule has 0 bridgehead atoms. The largest absolute Gasteiger partial charge is 0.508 e. The van der Waals surface area contributed by atoms with Crippen LogP contribution in [0, 0.1) is 0 Å². The molecule has 0 spiro atoms. The number of nitrogens with zero attached hydrogens (tertiary/aromatic N) is 1. The molecule has 1 unspecified atom stereocenters. The minimum Gasteiger partial charge on any atom is -0.508 e. The van der Waals surface area contributed by atoms with Crippen LogP contribution in [-0.2, 0) is 0 Å². The van der Waals surface area contributed by atoms with Crippen molar-refractivity contribution >= 4 is 11.6 Å². The molecule has 0 aliphatic carbocycles. The van der Waals surface area contributed by atoms with Gasteiger partial charge in [-0.15, -0.1) is 0 Å². The van der Waals surface area contributed by atoms with Gasteiger partial charge in [-0.2, -0.15) is 0 Å². The number of amides is 1. The normalized spacial score (nSPS) is 19.9. The molecule has 1 amide bonds. The topological polar surface area (TPSA) is 78.6 Å². The van der Waals surface area contributed by atoms with Crippen LogP contribution in [0.5, 0.6) is 5.75 Å². The number of carbonyl (C=O) groups excluding carboxylic acids is 1. The van der Waals surface area contributed by atoms with Gasteiger partial charge in [0.25, 0.3) is 5.91 Å². The first-order valence-corrected chi connectivity index (χ1v) is 6.15. The molecule has 0 radical (unpaired) electrons. The third-order valence-corrected chi connectivity index (χ3v) is 3.45. The van der Waals surface area contributed by atoms with Crippen molar-refractivity contribution in [1.82, 2.24) is 10.2 Å². The van der Waals surface area contributed by atoms with E-state index in [-0.39, 0.29) is 11.7 Å². The number of hydrogen-bond acceptors (Lipinski definition) is 4. The maximum absolute atomic E-state index is 12.0. The van der Waals surface area contributed by atoms with Gasteiger partial charge in [0.05, 0.1) is 5.56 Å². The Morgan fingerprint density at radius 3 is 3.06 bits per heavy atom. The number of aromatic hydroxyl groups is 1. The highest BCUT2D eigenvalue weighted by atomic mass is 16.3. The van der Waals surface area contributed by atoms with Crippen LogP contribution in [-0.4, -0.2) is 42.1 Å². The maximum atomic E-state index is 12.0. The number of nitrogens with two attached hydrogens (primary N) is 1. The van der Waals surface area contributed by atoms with Gasteiger partial charge in [-0.25, -0.2) is 0 Å². The Kier molecular flexibility index (Phi) is 3.72. The highest BCUT2D eigenvalue weighted by Crippen LogP contribution is 2.19. The Hall–Kier alpha value is -1.75. The summed E-state index contributed by atoms with van der Waals surface area (Å²) in [5.41, 5.74) is 6.43. The molecule has 2 rings (SSSR count). The van der Waals surface area contributed by atoms with Crippen molar-refractivity contribution in [3.8, 4) is 5.75 Å². The molecule has 1 aliphatic rings. The molecular formula is C13H19N3O2. The van der Waals surface area contributed by atoms with Gasteiger partial charge in [0, 0.05) is 18.3 Å². The zero-order valence-corrected chi connectivity index (χ0v) is 10.5. The fraction of sp³-hybridized carbons (Fsp3) is 0.462. The average molecular weight is 249 g/mol. The smallest absolute Gasteiger partial charge is 0.253 e. The third kappa shape index (κ3) is 2.73. The van der Waals surface area contributed by atoms with Gasteiger partial charge < -0.3 is 21.1 Å². The van der Waals surface area contributed by atoms with E-state index >= 15 is 0 Å². The molecule has 5 nitrogen and oxygen atoms in total. The van der Waals surface area contributed by atoms with Crippen molar-refractivity contribution < 1.29 is 9.90 Å². The fourth-order valence-corrected chi connectivity index (χ4v) is 2.28. The second-order valence-electron chi connectivity index (χ2n) is 4.76. The summed E-state index contributed by atoms with van der Waals surface area (Å²) < 4.78 is 0. The lowest BCUT2D eigenvalue weighted by Crippen LogP contribution is -2.38. The van der Waals surface area contributed by atoms with E-state index in [2.05, 4.69) is 17.3 Å². The summed E-state index contributed by atoms with van der Waals surface area (Å²) in [5, 5.41) is 12.2. The van der Waals surface area contributed by atoms with Crippen LogP contribution in [0.2, 0.25) is 0 Å². The van der Waals surface area contributed by atoms with Crippen LogP contribution in [0.1, 0.15) is 23.2 Å². The van der Waals surface area contributed by atoms with E-state index in [0.29, 0.717) is 23.8 Å². The van der Waals surface area contributed by atoms with Crippen LogP contribution in [0.15, 0.2) is 18.2 Å². The minimum atomic E-state index is -0.233. The van der Waals surface area contributed by atoms with E-state index in [1.54, 1.807) is 0 Å². The number of carbonyl (C=O) groups is 1. The van der Waals surface area contributed by atoms with Crippen LogP contribution < -0.4 is 11.1 Å². The van der Waals surface area contributed by atoms with E-state index < -0.39 is 0 Å². The number of likely N-dealkylation sites (tertiary alicyclic amines) is 1. The number of phenolic OH excluding ortho intramolecular Hbond substituents is 1. The van der Waals surface area contributed by atoms with Crippen molar-refractivity contribution in [2.45, 2.75) is 18.9 Å². The molecule has 1 aromatic carbocycles. The van der Waals surface area contributed by atoms with E-state index in [4.69, 9.17) is 5.73 Å². The summed E-state index contributed by atoms with van der Waals surface area (Å²) in [6, 6.07) is 4.79. The number of likely N-dealkylation sites (N-methyl/N-ethyl adjacent to an activating group) is 1. The lowest BCUT2D eigenvalue weighted by atomic mass is 10.1. The van der Waals surface area contributed by atoms with Gasteiger partial charge >= 0.3 is 0 Å². The SMILES string of the molecule is CN1CCCC1CNC(=O)c1cc(O)ccc1N. The highest BCUT2D eigenvalue weighted by Gasteiger charge is 2.21.